The molecule has 0 fully saturated rings. The van der Waals surface area contributed by atoms with Crippen LogP contribution in [0.1, 0.15) is 26.7 Å². The fraction of sp³-hybridized carbons (Fsp3) is 0.533. The standard InChI is InChI=1S/C15H22ClNO2/c1-12(2)4-9-15(18)17(3)10-11-19-14-7-5-13(16)6-8-14/h5-8,12H,4,9-11H2,1-3H3. The zero-order valence-electron chi connectivity index (χ0n) is 11.9. The molecule has 1 aromatic carbocycles. The van der Waals surface area contributed by atoms with Gasteiger partial charge in [0.2, 0.25) is 5.91 Å². The van der Waals surface area contributed by atoms with Gasteiger partial charge in [-0.05, 0) is 36.6 Å². The van der Waals surface area contributed by atoms with Crippen LogP contribution in [0.5, 0.6) is 5.75 Å². The summed E-state index contributed by atoms with van der Waals surface area (Å²) < 4.78 is 5.55. The predicted octanol–water partition coefficient (Wildman–Crippen LogP) is 3.61. The first-order valence-electron chi connectivity index (χ1n) is 6.61. The van der Waals surface area contributed by atoms with E-state index in [9.17, 15) is 4.79 Å². The van der Waals surface area contributed by atoms with Crippen LogP contribution in [-0.4, -0.2) is 31.0 Å². The van der Waals surface area contributed by atoms with E-state index in [2.05, 4.69) is 13.8 Å². The minimum absolute atomic E-state index is 0.174. The number of ether oxygens (including phenoxy) is 1. The van der Waals surface area contributed by atoms with Gasteiger partial charge in [-0.1, -0.05) is 25.4 Å². The average molecular weight is 284 g/mol. The first-order valence-corrected chi connectivity index (χ1v) is 6.99. The zero-order chi connectivity index (χ0) is 14.3. The predicted molar refractivity (Wildman–Crippen MR) is 78.7 cm³/mol. The van der Waals surface area contributed by atoms with E-state index in [0.717, 1.165) is 12.2 Å². The first-order chi connectivity index (χ1) is 8.99. The van der Waals surface area contributed by atoms with Gasteiger partial charge in [0.1, 0.15) is 12.4 Å². The molecule has 0 radical (unpaired) electrons. The Balaban J connectivity index is 2.24. The molecule has 0 atom stereocenters. The Labute approximate surface area is 120 Å². The highest BCUT2D eigenvalue weighted by atomic mass is 35.5. The molecule has 3 nitrogen and oxygen atoms in total. The Bertz CT molecular complexity index is 390. The normalized spacial score (nSPS) is 10.6. The highest BCUT2D eigenvalue weighted by Gasteiger charge is 2.09. The summed E-state index contributed by atoms with van der Waals surface area (Å²) in [6.07, 6.45) is 1.54. The van der Waals surface area contributed by atoms with Crippen molar-refractivity contribution < 1.29 is 9.53 Å². The van der Waals surface area contributed by atoms with Crippen LogP contribution < -0.4 is 4.74 Å². The fourth-order valence-corrected chi connectivity index (χ4v) is 1.68. The van der Waals surface area contributed by atoms with Crippen molar-refractivity contribution in [2.24, 2.45) is 5.92 Å². The summed E-state index contributed by atoms with van der Waals surface area (Å²) in [5.74, 6) is 1.50. The van der Waals surface area contributed by atoms with Gasteiger partial charge in [0, 0.05) is 18.5 Å². The largest absolute Gasteiger partial charge is 0.492 e. The van der Waals surface area contributed by atoms with E-state index in [-0.39, 0.29) is 5.91 Å². The molecule has 0 unspecified atom stereocenters. The smallest absolute Gasteiger partial charge is 0.222 e. The number of carbonyl (C=O) groups excluding carboxylic acids is 1. The molecule has 0 N–H and O–H groups in total. The molecule has 0 heterocycles. The number of hydrogen-bond acceptors (Lipinski definition) is 2. The number of rotatable bonds is 7. The van der Waals surface area contributed by atoms with Gasteiger partial charge in [0.25, 0.3) is 0 Å². The topological polar surface area (TPSA) is 29.5 Å². The summed E-state index contributed by atoms with van der Waals surface area (Å²) in [7, 11) is 1.81. The van der Waals surface area contributed by atoms with E-state index in [4.69, 9.17) is 16.3 Å². The molecule has 0 spiro atoms. The number of likely N-dealkylation sites (N-methyl/N-ethyl adjacent to an activating group) is 1. The second-order valence-corrected chi connectivity index (χ2v) is 5.49. The minimum Gasteiger partial charge on any atom is -0.492 e. The van der Waals surface area contributed by atoms with E-state index in [1.807, 2.05) is 19.2 Å². The Morgan fingerprint density at radius 2 is 1.95 bits per heavy atom. The third-order valence-corrected chi connectivity index (χ3v) is 3.12. The van der Waals surface area contributed by atoms with E-state index in [1.54, 1.807) is 17.0 Å². The lowest BCUT2D eigenvalue weighted by atomic mass is 10.1. The summed E-state index contributed by atoms with van der Waals surface area (Å²) in [4.78, 5) is 13.5. The Hall–Kier alpha value is -1.22. The van der Waals surface area contributed by atoms with Gasteiger partial charge in [-0.2, -0.15) is 0 Å². The number of halogens is 1. The van der Waals surface area contributed by atoms with Gasteiger partial charge in [-0.25, -0.2) is 0 Å². The van der Waals surface area contributed by atoms with Crippen LogP contribution in [-0.2, 0) is 4.79 Å². The van der Waals surface area contributed by atoms with Crippen LogP contribution in [0.15, 0.2) is 24.3 Å². The van der Waals surface area contributed by atoms with Crippen molar-refractivity contribution in [1.29, 1.82) is 0 Å². The lowest BCUT2D eigenvalue weighted by Crippen LogP contribution is -2.30. The monoisotopic (exact) mass is 283 g/mol. The summed E-state index contributed by atoms with van der Waals surface area (Å²) in [6, 6.07) is 7.22. The van der Waals surface area contributed by atoms with Gasteiger partial charge < -0.3 is 9.64 Å². The molecule has 0 aliphatic heterocycles. The van der Waals surface area contributed by atoms with Crippen LogP contribution in [0, 0.1) is 5.92 Å². The summed E-state index contributed by atoms with van der Waals surface area (Å²) in [5.41, 5.74) is 0. The molecule has 0 bridgehead atoms. The molecule has 1 amide bonds. The van der Waals surface area contributed by atoms with E-state index in [1.165, 1.54) is 0 Å². The van der Waals surface area contributed by atoms with Crippen LogP contribution in [0.2, 0.25) is 5.02 Å². The quantitative estimate of drug-likeness (QED) is 0.765. The maximum atomic E-state index is 11.8. The number of hydrogen-bond donors (Lipinski definition) is 0. The molecule has 1 rings (SSSR count). The van der Waals surface area contributed by atoms with Crippen molar-refractivity contribution in [3.8, 4) is 5.75 Å². The maximum Gasteiger partial charge on any atom is 0.222 e. The fourth-order valence-electron chi connectivity index (χ4n) is 1.56. The summed E-state index contributed by atoms with van der Waals surface area (Å²) in [6.45, 7) is 5.33. The van der Waals surface area contributed by atoms with Crippen LogP contribution in [0.25, 0.3) is 0 Å². The molecule has 1 aromatic rings. The maximum absolute atomic E-state index is 11.8. The minimum atomic E-state index is 0.174. The van der Waals surface area contributed by atoms with Crippen molar-refractivity contribution >= 4 is 17.5 Å². The first kappa shape index (κ1) is 15.8. The van der Waals surface area contributed by atoms with Crippen molar-refractivity contribution in [2.45, 2.75) is 26.7 Å². The number of nitrogens with zero attached hydrogens (tertiary/aromatic N) is 1. The van der Waals surface area contributed by atoms with Gasteiger partial charge in [-0.15, -0.1) is 0 Å². The lowest BCUT2D eigenvalue weighted by molar-refractivity contribution is -0.130. The van der Waals surface area contributed by atoms with Crippen LogP contribution >= 0.6 is 11.6 Å². The Kier molecular flexibility index (Phi) is 6.71. The van der Waals surface area contributed by atoms with Crippen molar-refractivity contribution in [3.63, 3.8) is 0 Å². The van der Waals surface area contributed by atoms with Crippen molar-refractivity contribution in [3.05, 3.63) is 29.3 Å². The van der Waals surface area contributed by atoms with Gasteiger partial charge in [0.15, 0.2) is 0 Å². The number of amides is 1. The molecule has 0 aromatic heterocycles. The highest BCUT2D eigenvalue weighted by molar-refractivity contribution is 6.30. The van der Waals surface area contributed by atoms with E-state index in [0.29, 0.717) is 30.5 Å². The zero-order valence-corrected chi connectivity index (χ0v) is 12.6. The van der Waals surface area contributed by atoms with Crippen LogP contribution in [0.3, 0.4) is 0 Å². The second-order valence-electron chi connectivity index (χ2n) is 5.05. The number of benzene rings is 1. The van der Waals surface area contributed by atoms with Gasteiger partial charge in [0.05, 0.1) is 6.54 Å². The lowest BCUT2D eigenvalue weighted by Gasteiger charge is -2.18. The molecule has 0 aliphatic carbocycles. The molecule has 0 aliphatic rings. The van der Waals surface area contributed by atoms with Crippen molar-refractivity contribution in [1.82, 2.24) is 4.90 Å². The molecule has 106 valence electrons. The van der Waals surface area contributed by atoms with Crippen molar-refractivity contribution in [2.75, 3.05) is 20.2 Å². The average Bonchev–Trinajstić information content (AvgIpc) is 2.38. The van der Waals surface area contributed by atoms with Gasteiger partial charge >= 0.3 is 0 Å². The molecule has 4 heteroatoms. The molecule has 0 saturated carbocycles. The number of carbonyl (C=O) groups is 1. The molecular weight excluding hydrogens is 262 g/mol. The SMILES string of the molecule is CC(C)CCC(=O)N(C)CCOc1ccc(Cl)cc1. The molecule has 0 saturated heterocycles. The van der Waals surface area contributed by atoms with Gasteiger partial charge in [-0.3, -0.25) is 4.79 Å². The van der Waals surface area contributed by atoms with E-state index >= 15 is 0 Å². The summed E-state index contributed by atoms with van der Waals surface area (Å²) >= 11 is 5.79. The Morgan fingerprint density at radius 1 is 1.32 bits per heavy atom. The Morgan fingerprint density at radius 3 is 2.53 bits per heavy atom. The second kappa shape index (κ2) is 8.05. The van der Waals surface area contributed by atoms with Crippen LogP contribution in [0.4, 0.5) is 0 Å². The third-order valence-electron chi connectivity index (χ3n) is 2.87. The molecular formula is C15H22ClNO2. The molecule has 19 heavy (non-hydrogen) atoms. The summed E-state index contributed by atoms with van der Waals surface area (Å²) in [5, 5.41) is 0.688. The highest BCUT2D eigenvalue weighted by Crippen LogP contribution is 2.15. The van der Waals surface area contributed by atoms with E-state index < -0.39 is 0 Å². The third kappa shape index (κ3) is 6.48.